The summed E-state index contributed by atoms with van der Waals surface area (Å²) in [5, 5.41) is 34.7. The number of halogens is 10. The van der Waals surface area contributed by atoms with E-state index in [0.717, 1.165) is 85.2 Å². The Hall–Kier alpha value is -9.82. The zero-order chi connectivity index (χ0) is 91.2. The number of ether oxygens (including phenoxy) is 4. The van der Waals surface area contributed by atoms with Gasteiger partial charge < -0.3 is 44.5 Å². The Bertz CT molecular complexity index is 5800. The number of phenols is 1. The van der Waals surface area contributed by atoms with Gasteiger partial charge in [0.15, 0.2) is 6.29 Å². The van der Waals surface area contributed by atoms with Gasteiger partial charge in [0.2, 0.25) is 11.8 Å². The number of aldehydes is 1. The quantitative estimate of drug-likeness (QED) is 0.0150. The molecule has 2 aliphatic rings. The molecule has 4 N–H and O–H groups in total. The van der Waals surface area contributed by atoms with Crippen molar-refractivity contribution in [3.05, 3.63) is 417 Å². The van der Waals surface area contributed by atoms with Gasteiger partial charge in [0.25, 0.3) is 0 Å². The summed E-state index contributed by atoms with van der Waals surface area (Å²) in [6.07, 6.45) is 1.64. The number of amides is 3. The maximum atomic E-state index is 15.0. The topological polar surface area (TPSA) is 197 Å². The second-order valence-electron chi connectivity index (χ2n) is 30.3. The van der Waals surface area contributed by atoms with Crippen molar-refractivity contribution in [1.82, 2.24) is 4.90 Å². The third kappa shape index (κ3) is 31.5. The van der Waals surface area contributed by atoms with Crippen LogP contribution in [0.25, 0.3) is 0 Å². The fourth-order valence-electron chi connectivity index (χ4n) is 14.3. The molecule has 3 amide bonds. The van der Waals surface area contributed by atoms with E-state index < -0.39 is 60.4 Å². The predicted octanol–water partition coefficient (Wildman–Crippen LogP) is 28.5. The van der Waals surface area contributed by atoms with E-state index >= 15 is 0 Å². The molecular formula is C103H96Br4Cl4F2N4O11Ti. The number of nitrogens with zero attached hydrogens (tertiary/aromatic N) is 3. The molecule has 0 bridgehead atoms. The zero-order valence-corrected chi connectivity index (χ0v) is 80.7. The number of nitrogens with one attached hydrogen (secondary N) is 1. The molecule has 0 spiro atoms. The van der Waals surface area contributed by atoms with Crippen molar-refractivity contribution in [1.29, 1.82) is 0 Å². The summed E-state index contributed by atoms with van der Waals surface area (Å²) in [4.78, 5) is 59.7. The van der Waals surface area contributed by atoms with Crippen LogP contribution in [-0.4, -0.2) is 63.3 Å². The Balaban J connectivity index is 0.000000194. The van der Waals surface area contributed by atoms with Crippen LogP contribution < -0.4 is 24.4 Å². The third-order valence-electron chi connectivity index (χ3n) is 20.9. The predicted molar refractivity (Wildman–Crippen MR) is 524 cm³/mol. The summed E-state index contributed by atoms with van der Waals surface area (Å²) in [7, 11) is 20.1. The second-order valence-corrected chi connectivity index (χ2v) is 49.5. The van der Waals surface area contributed by atoms with Crippen molar-refractivity contribution in [3.8, 4) is 23.0 Å². The number of benzene rings is 13. The van der Waals surface area contributed by atoms with E-state index in [1.807, 2.05) is 249 Å². The summed E-state index contributed by atoms with van der Waals surface area (Å²) >= 11 is 10.7. The molecule has 13 aromatic rings. The fourth-order valence-corrected chi connectivity index (χ4v) is 15.6. The van der Waals surface area contributed by atoms with Crippen LogP contribution in [0.5, 0.6) is 23.0 Å². The number of carbonyl (C=O) groups is 4. The number of aromatic hydroxyl groups is 1. The number of rotatable bonds is 29. The van der Waals surface area contributed by atoms with Crippen molar-refractivity contribution in [2.45, 2.75) is 110 Å². The van der Waals surface area contributed by atoms with Gasteiger partial charge in [-0.3, -0.25) is 19.4 Å². The van der Waals surface area contributed by atoms with Crippen LogP contribution in [0, 0.1) is 44.2 Å². The summed E-state index contributed by atoms with van der Waals surface area (Å²) < 4.78 is 54.7. The first-order valence-corrected chi connectivity index (χ1v) is 52.7. The van der Waals surface area contributed by atoms with Gasteiger partial charge in [0, 0.05) is 52.2 Å². The number of carbonyl (C=O) groups excluding carboxylic acids is 4. The van der Waals surface area contributed by atoms with Crippen molar-refractivity contribution >= 4 is 148 Å². The Labute approximate surface area is 804 Å². The number of aliphatic hydroxyl groups excluding tert-OH is 2. The Morgan fingerprint density at radius 1 is 0.535 bits per heavy atom. The van der Waals surface area contributed by atoms with Crippen LogP contribution in [0.1, 0.15) is 135 Å². The molecule has 15 rings (SSSR count). The van der Waals surface area contributed by atoms with E-state index in [1.54, 1.807) is 24.3 Å². The minimum absolute atomic E-state index is 0. The number of phenolic OH excluding ortho intramolecular Hbond substituents is 1. The van der Waals surface area contributed by atoms with Gasteiger partial charge in [0.05, 0.1) is 53.4 Å². The molecule has 2 heterocycles. The van der Waals surface area contributed by atoms with Crippen LogP contribution in [0.2, 0.25) is 0 Å². The van der Waals surface area contributed by atoms with Crippen LogP contribution in [0.3, 0.4) is 0 Å². The van der Waals surface area contributed by atoms with Crippen LogP contribution in [-0.2, 0) is 52.9 Å². The summed E-state index contributed by atoms with van der Waals surface area (Å²) in [6.45, 7) is 7.39. The van der Waals surface area contributed by atoms with Gasteiger partial charge in [-0.2, -0.15) is 0 Å². The van der Waals surface area contributed by atoms with Crippen molar-refractivity contribution in [3.63, 3.8) is 0 Å². The number of imide groups is 1. The van der Waals surface area contributed by atoms with Gasteiger partial charge in [-0.25, -0.2) is 18.5 Å². The van der Waals surface area contributed by atoms with E-state index in [2.05, 4.69) is 105 Å². The van der Waals surface area contributed by atoms with Gasteiger partial charge >= 0.3 is 55.7 Å². The molecule has 129 heavy (non-hydrogen) atoms. The summed E-state index contributed by atoms with van der Waals surface area (Å²) in [5.41, 5.74) is 14.1. The molecule has 0 unspecified atom stereocenters. The molecule has 26 heteroatoms. The van der Waals surface area contributed by atoms with Gasteiger partial charge in [-0.1, -0.05) is 282 Å². The molecule has 13 aromatic carbocycles. The van der Waals surface area contributed by atoms with Crippen LogP contribution >= 0.6 is 101 Å². The molecule has 2 fully saturated rings. The van der Waals surface area contributed by atoms with E-state index in [-0.39, 0.29) is 56.3 Å². The van der Waals surface area contributed by atoms with E-state index in [0.29, 0.717) is 79.1 Å². The van der Waals surface area contributed by atoms with Gasteiger partial charge in [0.1, 0.15) is 61.1 Å². The first-order chi connectivity index (χ1) is 61.6. The number of aliphatic hydroxyl groups is 2. The molecule has 15 nitrogen and oxygen atoms in total. The van der Waals surface area contributed by atoms with E-state index in [9.17, 15) is 38.2 Å². The average Bonchev–Trinajstić information content (AvgIpc) is 1.05. The Kier molecular flexibility index (Phi) is 39.7. The number of aliphatic imine (C=N–C) groups is 1. The molecule has 668 valence electrons. The third-order valence-corrected chi connectivity index (χ3v) is 22.9. The van der Waals surface area contributed by atoms with Gasteiger partial charge in [-0.05, 0) is 208 Å². The number of hydrogen-bond acceptors (Lipinski definition) is 13. The normalized spacial score (nSPS) is 14.7. The molecule has 2 aliphatic heterocycles. The fraction of sp³-hybridized carbons (Fsp3) is 0.194. The number of hydrogen-bond donors (Lipinski definition) is 4. The average molecular weight is 2110 g/mol. The first-order valence-electron chi connectivity index (χ1n) is 40.9. The SMILES string of the molecule is C.Cc1ccc(N2C(=O)[C@H](CC[C@H](O)c3ccc(F)cc3)[C@H]2c2ccc(Br)cc2OCc2ccccc2)cc1.Cc1ccc(N=Cc2ccc(Br)cc2OCc2ccccc2)cc1.Cc1ccc(N[C@H](c2ccc(Br)cc2OCc2ccccc2)[C@@H](CC[C@H](O)c2ccc(F)cc2)C(=O)N2C(=O)OC[C@@H]2Cc2ccccc2)cc1.O=Cc1ccc(Br)cc1O.[Cl][Ti]([Cl])([Cl])[Cl]. The maximum absolute atomic E-state index is 15.0. The molecule has 2 saturated heterocycles. The number of anilines is 2. The number of cyclic esters (lactones) is 1. The van der Waals surface area contributed by atoms with E-state index in [1.165, 1.54) is 52.9 Å². The molecule has 0 radical (unpaired) electrons. The van der Waals surface area contributed by atoms with Crippen LogP contribution in [0.4, 0.5) is 30.6 Å². The molecule has 0 aromatic heterocycles. The number of aryl methyl sites for hydroxylation is 3. The van der Waals surface area contributed by atoms with Gasteiger partial charge in [-0.15, -0.1) is 0 Å². The van der Waals surface area contributed by atoms with Crippen LogP contribution in [0.15, 0.2) is 338 Å². The molecular weight excluding hydrogens is 2020 g/mol. The van der Waals surface area contributed by atoms with Crippen molar-refractivity contribution in [2.24, 2.45) is 16.8 Å². The monoisotopic (exact) mass is 2110 g/mol. The number of β-lactam (4-membered cyclic amide) rings is 1. The Morgan fingerprint density at radius 3 is 1.48 bits per heavy atom. The van der Waals surface area contributed by atoms with E-state index in [4.69, 9.17) is 61.3 Å². The molecule has 0 saturated carbocycles. The summed E-state index contributed by atoms with van der Waals surface area (Å²) in [6, 6.07) is 95.9. The standard InChI is InChI=1S/C42H40BrFN2O5.C32H29BrFNO3.C21H18BrNO.C7H5BrO2.CH4.4ClH.Ti/c1-28-12-19-34(20-13-28)45-40(36-21-16-32(43)25-39(36)50-26-30-10-6-3-7-11-30)37(22-23-38(47)31-14-17-33(44)18-15-31)41(48)46-35(27-51-42(46)49)24-29-8-4-2-5-9-29;1-21-7-14-26(15-8-21)35-31(28(32(35)37)17-18-29(36)23-9-12-25(34)13-10-23)27-16-11-24(33)19-30(27)38-20-22-5-3-2-4-6-22;1-16-7-11-20(12-8-16)23-14-18-9-10-19(22)13-21(18)24-15-17-5-3-2-4-6-17;8-6-2-1-5(4-9)7(10)3-6;;;;;;/h2-21,25,35,37-38,40,45,47H,22-24,26-27H2,1H3;2-16,19,28-29,31,36H,17-18,20H2,1H3;2-14H,15H2,1H3;1-4,10H;1H4;4*1H;/q;;;;;;;;;+4/p-4/t35-,37+,38-,40+;28-,29+,31-;;;;;;;;/m01......../s1. The van der Waals surface area contributed by atoms with Crippen molar-refractivity contribution < 1.29 is 74.6 Å². The second kappa shape index (κ2) is 50.5. The molecule has 7 atom stereocenters. The van der Waals surface area contributed by atoms with Crippen molar-refractivity contribution in [2.75, 3.05) is 16.8 Å². The Morgan fingerprint density at radius 2 is 0.969 bits per heavy atom. The first kappa shape index (κ1) is 101. The zero-order valence-electron chi connectivity index (χ0n) is 69.8. The molecule has 0 aliphatic carbocycles. The summed E-state index contributed by atoms with van der Waals surface area (Å²) in [5.74, 6) is -0.278. The minimum atomic E-state index is -3.11.